The van der Waals surface area contributed by atoms with E-state index in [1.807, 2.05) is 12.4 Å². The summed E-state index contributed by atoms with van der Waals surface area (Å²) < 4.78 is 0. The minimum absolute atomic E-state index is 1.01. The van der Waals surface area contributed by atoms with E-state index in [0.29, 0.717) is 0 Å². The van der Waals surface area contributed by atoms with E-state index < -0.39 is 0 Å². The Hall–Kier alpha value is -2.35. The highest BCUT2D eigenvalue weighted by Crippen LogP contribution is 2.36. The lowest BCUT2D eigenvalue weighted by atomic mass is 9.95. The molecule has 2 aromatic carbocycles. The second-order valence-corrected chi connectivity index (χ2v) is 5.30. The number of hydrogen-bond donors (Lipinski definition) is 1. The number of H-pyrrole nitrogens is 1. The molecule has 0 aliphatic rings. The quantitative estimate of drug-likeness (QED) is 0.526. The molecule has 1 N–H and O–H groups in total. The van der Waals surface area contributed by atoms with Crippen LogP contribution < -0.4 is 0 Å². The molecule has 0 fully saturated rings. The summed E-state index contributed by atoms with van der Waals surface area (Å²) >= 11 is 0. The largest absolute Gasteiger partial charge is 0.354 e. The molecule has 20 heavy (non-hydrogen) atoms. The van der Waals surface area contributed by atoms with Crippen molar-refractivity contribution in [1.29, 1.82) is 0 Å². The maximum atomic E-state index is 4.32. The van der Waals surface area contributed by atoms with Gasteiger partial charge in [-0.3, -0.25) is 4.98 Å². The van der Waals surface area contributed by atoms with Gasteiger partial charge in [-0.2, -0.15) is 0 Å². The fraction of sp³-hybridized carbons (Fsp3) is 0.167. The summed E-state index contributed by atoms with van der Waals surface area (Å²) in [5, 5.41) is 5.26. The first-order valence-corrected chi connectivity index (χ1v) is 7.07. The average Bonchev–Trinajstić information content (AvgIpc) is 2.88. The van der Waals surface area contributed by atoms with Crippen molar-refractivity contribution < 1.29 is 0 Å². The zero-order chi connectivity index (χ0) is 13.7. The SMILES string of the molecule is CCc1c2cnccc2c(C)c2[nH]c3ccccc3c12. The lowest BCUT2D eigenvalue weighted by molar-refractivity contribution is 1.17. The highest BCUT2D eigenvalue weighted by Gasteiger charge is 2.14. The average molecular weight is 260 g/mol. The molecule has 0 aliphatic carbocycles. The topological polar surface area (TPSA) is 28.7 Å². The second-order valence-electron chi connectivity index (χ2n) is 5.30. The van der Waals surface area contributed by atoms with E-state index in [4.69, 9.17) is 0 Å². The van der Waals surface area contributed by atoms with Gasteiger partial charge in [-0.05, 0) is 42.0 Å². The van der Waals surface area contributed by atoms with Crippen LogP contribution >= 0.6 is 0 Å². The fourth-order valence-electron chi connectivity index (χ4n) is 3.34. The molecule has 2 aromatic heterocycles. The van der Waals surface area contributed by atoms with Crippen molar-refractivity contribution in [3.8, 4) is 0 Å². The molecule has 0 unspecified atom stereocenters. The molecule has 0 spiro atoms. The van der Waals surface area contributed by atoms with Crippen molar-refractivity contribution in [1.82, 2.24) is 9.97 Å². The van der Waals surface area contributed by atoms with Crippen molar-refractivity contribution >= 4 is 32.6 Å². The zero-order valence-corrected chi connectivity index (χ0v) is 11.7. The zero-order valence-electron chi connectivity index (χ0n) is 11.7. The molecule has 0 aliphatic heterocycles. The maximum Gasteiger partial charge on any atom is 0.0503 e. The number of hydrogen-bond acceptors (Lipinski definition) is 1. The van der Waals surface area contributed by atoms with Crippen LogP contribution in [0.2, 0.25) is 0 Å². The predicted molar refractivity (Wildman–Crippen MR) is 85.2 cm³/mol. The van der Waals surface area contributed by atoms with Crippen LogP contribution in [0.25, 0.3) is 32.6 Å². The Kier molecular flexibility index (Phi) is 2.34. The smallest absolute Gasteiger partial charge is 0.0503 e. The first-order chi connectivity index (χ1) is 9.81. The molecule has 0 saturated carbocycles. The van der Waals surface area contributed by atoms with Crippen LogP contribution in [0.3, 0.4) is 0 Å². The third-order valence-electron chi connectivity index (χ3n) is 4.29. The minimum Gasteiger partial charge on any atom is -0.354 e. The van der Waals surface area contributed by atoms with Crippen molar-refractivity contribution in [2.24, 2.45) is 0 Å². The van der Waals surface area contributed by atoms with Crippen molar-refractivity contribution in [2.45, 2.75) is 20.3 Å². The highest BCUT2D eigenvalue weighted by molar-refractivity contribution is 6.16. The van der Waals surface area contributed by atoms with E-state index in [2.05, 4.69) is 54.1 Å². The summed E-state index contributed by atoms with van der Waals surface area (Å²) in [7, 11) is 0. The normalized spacial score (nSPS) is 11.7. The fourth-order valence-corrected chi connectivity index (χ4v) is 3.34. The summed E-state index contributed by atoms with van der Waals surface area (Å²) in [4.78, 5) is 7.92. The van der Waals surface area contributed by atoms with Gasteiger partial charge in [0.25, 0.3) is 0 Å². The molecule has 0 atom stereocenters. The number of aromatic nitrogens is 2. The molecule has 2 heteroatoms. The van der Waals surface area contributed by atoms with Gasteiger partial charge >= 0.3 is 0 Å². The predicted octanol–water partition coefficient (Wildman–Crippen LogP) is 4.74. The molecule has 98 valence electrons. The molecule has 0 saturated heterocycles. The van der Waals surface area contributed by atoms with Gasteiger partial charge in [-0.1, -0.05) is 25.1 Å². The number of aryl methyl sites for hydroxylation is 2. The van der Waals surface area contributed by atoms with Crippen LogP contribution in [-0.2, 0) is 6.42 Å². The van der Waals surface area contributed by atoms with Crippen LogP contribution in [0.4, 0.5) is 0 Å². The van der Waals surface area contributed by atoms with E-state index in [9.17, 15) is 0 Å². The minimum atomic E-state index is 1.01. The Morgan fingerprint density at radius 3 is 2.75 bits per heavy atom. The molecule has 0 radical (unpaired) electrons. The van der Waals surface area contributed by atoms with Crippen LogP contribution in [0.5, 0.6) is 0 Å². The Bertz CT molecular complexity index is 948. The summed E-state index contributed by atoms with van der Waals surface area (Å²) in [6.45, 7) is 4.41. The number of rotatable bonds is 1. The van der Waals surface area contributed by atoms with Gasteiger partial charge < -0.3 is 4.98 Å². The number of pyridine rings is 1. The van der Waals surface area contributed by atoms with Crippen LogP contribution in [0.1, 0.15) is 18.1 Å². The van der Waals surface area contributed by atoms with Gasteiger partial charge in [0.05, 0.1) is 5.52 Å². The van der Waals surface area contributed by atoms with Crippen molar-refractivity contribution in [2.75, 3.05) is 0 Å². The summed E-state index contributed by atoms with van der Waals surface area (Å²) in [6.07, 6.45) is 4.90. The molecule has 4 aromatic rings. The van der Waals surface area contributed by atoms with E-state index in [-0.39, 0.29) is 0 Å². The van der Waals surface area contributed by atoms with Gasteiger partial charge in [0.15, 0.2) is 0 Å². The van der Waals surface area contributed by atoms with Crippen molar-refractivity contribution in [3.63, 3.8) is 0 Å². The first kappa shape index (κ1) is 11.5. The number of para-hydroxylation sites is 1. The number of nitrogens with zero attached hydrogens (tertiary/aromatic N) is 1. The third-order valence-corrected chi connectivity index (χ3v) is 4.29. The molecule has 2 heterocycles. The maximum absolute atomic E-state index is 4.32. The molecule has 2 nitrogen and oxygen atoms in total. The summed E-state index contributed by atoms with van der Waals surface area (Å²) in [6, 6.07) is 10.7. The van der Waals surface area contributed by atoms with E-state index >= 15 is 0 Å². The standard InChI is InChI=1S/C18H16N2/c1-3-12-15-10-19-9-8-13(15)11(2)18-17(12)14-6-4-5-7-16(14)20-18/h4-10,20H,3H2,1-2H3. The Morgan fingerprint density at radius 1 is 1.05 bits per heavy atom. The first-order valence-electron chi connectivity index (χ1n) is 7.07. The number of nitrogens with one attached hydrogen (secondary N) is 1. The second kappa shape index (κ2) is 4.07. The molecular formula is C18H16N2. The molecular weight excluding hydrogens is 244 g/mol. The molecule has 4 rings (SSSR count). The number of aromatic amines is 1. The van der Waals surface area contributed by atoms with E-state index in [1.165, 1.54) is 43.7 Å². The van der Waals surface area contributed by atoms with Gasteiger partial charge in [0.2, 0.25) is 0 Å². The lowest BCUT2D eigenvalue weighted by Gasteiger charge is -2.10. The van der Waals surface area contributed by atoms with Crippen LogP contribution in [0.15, 0.2) is 42.7 Å². The van der Waals surface area contributed by atoms with Gasteiger partial charge in [0.1, 0.15) is 0 Å². The van der Waals surface area contributed by atoms with E-state index in [1.54, 1.807) is 0 Å². The summed E-state index contributed by atoms with van der Waals surface area (Å²) in [5.41, 5.74) is 5.18. The summed E-state index contributed by atoms with van der Waals surface area (Å²) in [5.74, 6) is 0. The molecule has 0 amide bonds. The van der Waals surface area contributed by atoms with E-state index in [0.717, 1.165) is 6.42 Å². The Morgan fingerprint density at radius 2 is 1.90 bits per heavy atom. The van der Waals surface area contributed by atoms with Crippen LogP contribution in [-0.4, -0.2) is 9.97 Å². The number of fused-ring (bicyclic) bond motifs is 4. The highest BCUT2D eigenvalue weighted by atomic mass is 14.7. The Balaban J connectivity index is 2.38. The lowest BCUT2D eigenvalue weighted by Crippen LogP contribution is -1.90. The molecule has 0 bridgehead atoms. The van der Waals surface area contributed by atoms with Gasteiger partial charge in [-0.15, -0.1) is 0 Å². The monoisotopic (exact) mass is 260 g/mol. The van der Waals surface area contributed by atoms with Crippen molar-refractivity contribution in [3.05, 3.63) is 53.9 Å². The third kappa shape index (κ3) is 1.36. The van der Waals surface area contributed by atoms with Crippen LogP contribution in [0, 0.1) is 6.92 Å². The Labute approximate surface area is 117 Å². The number of benzene rings is 2. The van der Waals surface area contributed by atoms with Gasteiger partial charge in [-0.25, -0.2) is 0 Å². The van der Waals surface area contributed by atoms with Gasteiger partial charge in [0, 0.05) is 34.1 Å².